The molecule has 4 aromatic rings. The molecule has 6 rings (SSSR count). The molecule has 0 aliphatic carbocycles. The molecule has 0 saturated carbocycles. The van der Waals surface area contributed by atoms with Crippen LogP contribution in [0.3, 0.4) is 0 Å². The molecule has 2 aliphatic heterocycles. The molecule has 14 heteroatoms. The number of carbonyl (C=O) groups is 4. The predicted octanol–water partition coefficient (Wildman–Crippen LogP) is 4.46. The summed E-state index contributed by atoms with van der Waals surface area (Å²) in [4.78, 5) is 50.5. The molecule has 4 amide bonds. The zero-order valence-electron chi connectivity index (χ0n) is 29.0. The van der Waals surface area contributed by atoms with Gasteiger partial charge in [-0.05, 0) is 58.7 Å². The third-order valence-corrected chi connectivity index (χ3v) is 9.12. The van der Waals surface area contributed by atoms with Crippen LogP contribution in [0.4, 0.5) is 0 Å². The molecule has 5 N–H and O–H groups in total. The van der Waals surface area contributed by atoms with Gasteiger partial charge in [-0.25, -0.2) is 11.0 Å². The van der Waals surface area contributed by atoms with Crippen LogP contribution in [0.1, 0.15) is 73.8 Å². The van der Waals surface area contributed by atoms with Crippen LogP contribution < -0.4 is 35.2 Å². The number of fused-ring (bicyclic) bond motifs is 2. The second-order valence-electron chi connectivity index (χ2n) is 12.0. The fourth-order valence-corrected chi connectivity index (χ4v) is 6.56. The van der Waals surface area contributed by atoms with Crippen molar-refractivity contribution in [3.63, 3.8) is 0 Å². The van der Waals surface area contributed by atoms with Crippen LogP contribution in [-0.2, 0) is 16.1 Å². The maximum Gasteiger partial charge on any atom is 0.255 e. The monoisotopic (exact) mass is 712 g/mol. The molecule has 14 nitrogen and oxygen atoms in total. The van der Waals surface area contributed by atoms with Crippen molar-refractivity contribution in [2.75, 3.05) is 28.4 Å². The van der Waals surface area contributed by atoms with Gasteiger partial charge in [0, 0.05) is 30.0 Å². The Kier molecular flexibility index (Phi) is 11.9. The molecule has 3 atom stereocenters. The molecule has 272 valence electrons. The van der Waals surface area contributed by atoms with Crippen LogP contribution in [0.5, 0.6) is 23.0 Å². The first kappa shape index (κ1) is 37.1. The van der Waals surface area contributed by atoms with Gasteiger partial charge < -0.3 is 29.2 Å². The van der Waals surface area contributed by atoms with Crippen molar-refractivity contribution < 1.29 is 48.5 Å². The largest absolute Gasteiger partial charge is 0.493 e. The summed E-state index contributed by atoms with van der Waals surface area (Å²) in [6.07, 6.45) is -0.0863. The van der Waals surface area contributed by atoms with Crippen molar-refractivity contribution in [1.29, 1.82) is 0 Å². The number of methoxy groups -OCH3 is 4. The minimum atomic E-state index is -0.575. The van der Waals surface area contributed by atoms with Crippen LogP contribution in [-0.4, -0.2) is 67.4 Å². The van der Waals surface area contributed by atoms with Gasteiger partial charge in [0.15, 0.2) is 23.0 Å². The molecule has 2 aliphatic rings. The average Bonchev–Trinajstić information content (AvgIpc) is 3.70. The van der Waals surface area contributed by atoms with E-state index >= 15 is 0 Å². The highest BCUT2D eigenvalue weighted by Crippen LogP contribution is 2.42. The Balaban J connectivity index is 0.000000201. The molecule has 0 radical (unpaired) electrons. The summed E-state index contributed by atoms with van der Waals surface area (Å²) in [5.41, 5.74) is 7.76. The number of ether oxygens (including phenoxy) is 4. The highest BCUT2D eigenvalue weighted by atomic mass is 16.5. The quantitative estimate of drug-likeness (QED) is 0.104. The second-order valence-corrected chi connectivity index (χ2v) is 12.0. The lowest BCUT2D eigenvalue weighted by Crippen LogP contribution is -2.33. The summed E-state index contributed by atoms with van der Waals surface area (Å²) in [5, 5.41) is 20.9. The first-order valence-electron chi connectivity index (χ1n) is 16.3. The van der Waals surface area contributed by atoms with Crippen LogP contribution in [0.15, 0.2) is 84.9 Å². The average molecular weight is 713 g/mol. The summed E-state index contributed by atoms with van der Waals surface area (Å²) < 4.78 is 21.2. The zero-order valence-corrected chi connectivity index (χ0v) is 29.0. The summed E-state index contributed by atoms with van der Waals surface area (Å²) in [5.74, 6) is 0.314. The smallest absolute Gasteiger partial charge is 0.255 e. The Bertz CT molecular complexity index is 1950. The molecule has 4 aromatic carbocycles. The standard InChI is InChI=1S/2C19H20N2O5/c1-25-16-8-7-12(9-17(16)26-2)15(10-18(22)20-24)21-11-13-5-3-4-6-14(13)19(21)23;1-25-15-8-7-11(9-16(15)26-2)14(10-17(22)21-24)18-12-5-3-4-6-13(12)19(23)20-18/h3-9,15,24H,10-11H2,1-2H3,(H,20,22);3-9,14,18,24H,10H2,1-2H3,(H,20,23)(H,21,22). The van der Waals surface area contributed by atoms with Crippen molar-refractivity contribution in [2.45, 2.75) is 37.4 Å². The van der Waals surface area contributed by atoms with Crippen molar-refractivity contribution in [3.05, 3.63) is 118 Å². The van der Waals surface area contributed by atoms with E-state index in [4.69, 9.17) is 29.4 Å². The number of benzene rings is 4. The lowest BCUT2D eigenvalue weighted by atomic mass is 9.84. The van der Waals surface area contributed by atoms with Crippen LogP contribution >= 0.6 is 0 Å². The van der Waals surface area contributed by atoms with Crippen molar-refractivity contribution >= 4 is 23.6 Å². The van der Waals surface area contributed by atoms with Gasteiger partial charge in [-0.3, -0.25) is 29.6 Å². The number of hydrogen-bond acceptors (Lipinski definition) is 10. The van der Waals surface area contributed by atoms with E-state index in [0.717, 1.165) is 16.7 Å². The maximum absolute atomic E-state index is 12.8. The molecular formula is C38H40N4O10. The number of nitrogens with zero attached hydrogens (tertiary/aromatic N) is 1. The van der Waals surface area contributed by atoms with Gasteiger partial charge in [0.2, 0.25) is 11.8 Å². The molecule has 0 spiro atoms. The van der Waals surface area contributed by atoms with Crippen molar-refractivity contribution in [3.8, 4) is 23.0 Å². The molecule has 0 bridgehead atoms. The number of amides is 4. The zero-order chi connectivity index (χ0) is 37.4. The Hall–Kier alpha value is -6.12. The van der Waals surface area contributed by atoms with Crippen molar-refractivity contribution in [2.24, 2.45) is 0 Å². The lowest BCUT2D eigenvalue weighted by molar-refractivity contribution is -0.130. The molecule has 52 heavy (non-hydrogen) atoms. The highest BCUT2D eigenvalue weighted by Gasteiger charge is 2.37. The first-order valence-corrected chi connectivity index (χ1v) is 16.3. The number of rotatable bonds is 12. The SMILES string of the molecule is COc1ccc(C(CC(=O)NO)C2NC(=O)c3ccccc32)cc1OC.COc1ccc(C(CC(=O)NO)N2Cc3ccccc3C2=O)cc1OC. The van der Waals surface area contributed by atoms with E-state index in [-0.39, 0.29) is 24.7 Å². The fraction of sp³-hybridized carbons (Fsp3) is 0.263. The number of hydrogen-bond donors (Lipinski definition) is 5. The first-order chi connectivity index (χ1) is 25.2. The summed E-state index contributed by atoms with van der Waals surface area (Å²) >= 11 is 0. The third-order valence-electron chi connectivity index (χ3n) is 9.12. The molecular weight excluding hydrogens is 672 g/mol. The predicted molar refractivity (Wildman–Crippen MR) is 187 cm³/mol. The Morgan fingerprint density at radius 3 is 1.87 bits per heavy atom. The van der Waals surface area contributed by atoms with Gasteiger partial charge >= 0.3 is 0 Å². The van der Waals surface area contributed by atoms with E-state index in [1.54, 1.807) is 71.5 Å². The van der Waals surface area contributed by atoms with E-state index in [9.17, 15) is 19.2 Å². The number of carbonyl (C=O) groups excluding carboxylic acids is 4. The van der Waals surface area contributed by atoms with Crippen LogP contribution in [0.25, 0.3) is 0 Å². The molecule has 0 aromatic heterocycles. The lowest BCUT2D eigenvalue weighted by Gasteiger charge is -2.28. The van der Waals surface area contributed by atoms with Crippen LogP contribution in [0, 0.1) is 0 Å². The van der Waals surface area contributed by atoms with E-state index < -0.39 is 29.8 Å². The van der Waals surface area contributed by atoms with Gasteiger partial charge in [-0.15, -0.1) is 0 Å². The minimum Gasteiger partial charge on any atom is -0.493 e. The second kappa shape index (κ2) is 16.7. The Morgan fingerprint density at radius 2 is 1.27 bits per heavy atom. The number of hydroxylamine groups is 2. The minimum absolute atomic E-state index is 0.00867. The number of nitrogens with one attached hydrogen (secondary N) is 3. The van der Waals surface area contributed by atoms with Gasteiger partial charge in [-0.2, -0.15) is 0 Å². The summed E-state index contributed by atoms with van der Waals surface area (Å²) in [6, 6.07) is 24.3. The van der Waals surface area contributed by atoms with Crippen molar-refractivity contribution in [1.82, 2.24) is 21.2 Å². The summed E-state index contributed by atoms with van der Waals surface area (Å²) in [6.45, 7) is 0.396. The van der Waals surface area contributed by atoms with E-state index in [1.807, 2.05) is 36.4 Å². The molecule has 2 heterocycles. The topological polar surface area (TPSA) is 185 Å². The Labute approximate surface area is 300 Å². The van der Waals surface area contributed by atoms with Crippen LogP contribution in [0.2, 0.25) is 0 Å². The highest BCUT2D eigenvalue weighted by molar-refractivity contribution is 6.00. The van der Waals surface area contributed by atoms with E-state index in [2.05, 4.69) is 5.32 Å². The molecule has 3 unspecified atom stereocenters. The van der Waals surface area contributed by atoms with E-state index in [1.165, 1.54) is 21.3 Å². The van der Waals surface area contributed by atoms with Gasteiger partial charge in [-0.1, -0.05) is 48.5 Å². The maximum atomic E-state index is 12.8. The molecule has 0 fully saturated rings. The van der Waals surface area contributed by atoms with E-state index in [0.29, 0.717) is 46.2 Å². The normalized spacial score (nSPS) is 15.2. The van der Waals surface area contributed by atoms with Gasteiger partial charge in [0.1, 0.15) is 0 Å². The molecule has 0 saturated heterocycles. The van der Waals surface area contributed by atoms with Gasteiger partial charge in [0.25, 0.3) is 11.8 Å². The Morgan fingerprint density at radius 1 is 0.731 bits per heavy atom. The summed E-state index contributed by atoms with van der Waals surface area (Å²) in [7, 11) is 6.13. The fourth-order valence-electron chi connectivity index (χ4n) is 6.56. The van der Waals surface area contributed by atoms with Gasteiger partial charge in [0.05, 0.1) is 46.9 Å². The third kappa shape index (κ3) is 7.77.